The maximum atomic E-state index is 13.4. The molecule has 0 aromatic heterocycles. The molecule has 2 aromatic rings. The molecule has 1 atom stereocenters. The van der Waals surface area contributed by atoms with Crippen molar-refractivity contribution >= 4 is 27.5 Å². The van der Waals surface area contributed by atoms with Crippen LogP contribution in [0.5, 0.6) is 0 Å². The molecule has 2 nitrogen and oxygen atoms in total. The minimum atomic E-state index is -0.413. The van der Waals surface area contributed by atoms with Gasteiger partial charge in [-0.15, -0.1) is 0 Å². The van der Waals surface area contributed by atoms with Gasteiger partial charge in [0.1, 0.15) is 5.82 Å². The van der Waals surface area contributed by atoms with Crippen molar-refractivity contribution in [1.29, 1.82) is 0 Å². The molecule has 19 heavy (non-hydrogen) atoms. The number of benzene rings is 2. The van der Waals surface area contributed by atoms with Gasteiger partial charge in [-0.3, -0.25) is 11.3 Å². The topological polar surface area (TPSA) is 38.0 Å². The van der Waals surface area contributed by atoms with E-state index in [1.165, 1.54) is 6.07 Å². The summed E-state index contributed by atoms with van der Waals surface area (Å²) in [5, 5.41) is 0.128. The van der Waals surface area contributed by atoms with Crippen LogP contribution in [-0.4, -0.2) is 0 Å². The highest BCUT2D eigenvalue weighted by molar-refractivity contribution is 9.10. The van der Waals surface area contributed by atoms with Gasteiger partial charge in [-0.05, 0) is 41.8 Å². The number of hydrogen-bond donors (Lipinski definition) is 2. The zero-order valence-electron chi connectivity index (χ0n) is 10.0. The number of hydrogen-bond acceptors (Lipinski definition) is 2. The molecule has 1 unspecified atom stereocenters. The second-order valence-electron chi connectivity index (χ2n) is 4.23. The van der Waals surface area contributed by atoms with E-state index in [-0.39, 0.29) is 11.1 Å². The first kappa shape index (κ1) is 14.5. The lowest BCUT2D eigenvalue weighted by atomic mass is 9.99. The summed E-state index contributed by atoms with van der Waals surface area (Å²) < 4.78 is 14.4. The Hall–Kier alpha value is -0.940. The second kappa shape index (κ2) is 6.48. The van der Waals surface area contributed by atoms with Crippen molar-refractivity contribution in [2.45, 2.75) is 12.5 Å². The van der Waals surface area contributed by atoms with Crippen LogP contribution in [0.3, 0.4) is 0 Å². The molecule has 0 fully saturated rings. The van der Waals surface area contributed by atoms with Gasteiger partial charge in [0.05, 0.1) is 11.1 Å². The van der Waals surface area contributed by atoms with E-state index < -0.39 is 5.82 Å². The van der Waals surface area contributed by atoms with Gasteiger partial charge in [0.25, 0.3) is 0 Å². The maximum Gasteiger partial charge on any atom is 0.142 e. The van der Waals surface area contributed by atoms with Gasteiger partial charge in [0.15, 0.2) is 0 Å². The van der Waals surface area contributed by atoms with E-state index >= 15 is 0 Å². The Morgan fingerprint density at radius 3 is 2.68 bits per heavy atom. The summed E-state index contributed by atoms with van der Waals surface area (Å²) >= 11 is 9.09. The van der Waals surface area contributed by atoms with Crippen LogP contribution in [-0.2, 0) is 6.42 Å². The third-order valence-electron chi connectivity index (χ3n) is 2.88. The number of hydrazine groups is 1. The normalized spacial score (nSPS) is 12.4. The van der Waals surface area contributed by atoms with E-state index in [1.807, 2.05) is 24.3 Å². The van der Waals surface area contributed by atoms with E-state index in [1.54, 1.807) is 12.1 Å². The molecule has 0 saturated heterocycles. The van der Waals surface area contributed by atoms with Crippen LogP contribution in [0.1, 0.15) is 17.2 Å². The van der Waals surface area contributed by atoms with E-state index in [4.69, 9.17) is 17.4 Å². The summed E-state index contributed by atoms with van der Waals surface area (Å²) in [5.41, 5.74) is 4.62. The fourth-order valence-corrected chi connectivity index (χ4v) is 2.43. The van der Waals surface area contributed by atoms with Gasteiger partial charge >= 0.3 is 0 Å². The molecule has 0 heterocycles. The van der Waals surface area contributed by atoms with Gasteiger partial charge < -0.3 is 0 Å². The average molecular weight is 344 g/mol. The van der Waals surface area contributed by atoms with Gasteiger partial charge in [0.2, 0.25) is 0 Å². The summed E-state index contributed by atoms with van der Waals surface area (Å²) in [7, 11) is 0. The number of halogens is 3. The fraction of sp³-hybridized carbons (Fsp3) is 0.143. The lowest BCUT2D eigenvalue weighted by Gasteiger charge is -2.17. The quantitative estimate of drug-likeness (QED) is 0.651. The molecule has 0 amide bonds. The average Bonchev–Trinajstić information content (AvgIpc) is 2.40. The molecular weight excluding hydrogens is 331 g/mol. The fourth-order valence-electron chi connectivity index (χ4n) is 1.90. The van der Waals surface area contributed by atoms with E-state index in [9.17, 15) is 4.39 Å². The van der Waals surface area contributed by atoms with Gasteiger partial charge in [0, 0.05) is 4.47 Å². The minimum Gasteiger partial charge on any atom is -0.271 e. The monoisotopic (exact) mass is 342 g/mol. The van der Waals surface area contributed by atoms with Crippen LogP contribution in [0.2, 0.25) is 5.02 Å². The van der Waals surface area contributed by atoms with Crippen molar-refractivity contribution < 1.29 is 4.39 Å². The molecule has 0 radical (unpaired) electrons. The molecule has 3 N–H and O–H groups in total. The van der Waals surface area contributed by atoms with Gasteiger partial charge in [-0.25, -0.2) is 4.39 Å². The van der Waals surface area contributed by atoms with Crippen molar-refractivity contribution in [3.8, 4) is 0 Å². The highest BCUT2D eigenvalue weighted by Crippen LogP contribution is 2.23. The SMILES string of the molecule is NNC(Cc1ccc(Cl)c(F)c1)c1cccc(Br)c1. The Balaban J connectivity index is 2.21. The third kappa shape index (κ3) is 3.76. The van der Waals surface area contributed by atoms with Gasteiger partial charge in [-0.1, -0.05) is 45.7 Å². The van der Waals surface area contributed by atoms with Crippen molar-refractivity contribution in [3.05, 3.63) is 68.9 Å². The Morgan fingerprint density at radius 1 is 1.26 bits per heavy atom. The number of rotatable bonds is 4. The largest absolute Gasteiger partial charge is 0.271 e. The number of nitrogens with two attached hydrogens (primary N) is 1. The smallest absolute Gasteiger partial charge is 0.142 e. The van der Waals surface area contributed by atoms with Crippen LogP contribution >= 0.6 is 27.5 Å². The molecule has 2 aromatic carbocycles. The van der Waals surface area contributed by atoms with Crippen molar-refractivity contribution in [3.63, 3.8) is 0 Å². The maximum absolute atomic E-state index is 13.4. The summed E-state index contributed by atoms with van der Waals surface area (Å²) in [6, 6.07) is 12.5. The first-order valence-corrected chi connectivity index (χ1v) is 6.93. The second-order valence-corrected chi connectivity index (χ2v) is 5.55. The van der Waals surface area contributed by atoms with E-state index in [2.05, 4.69) is 21.4 Å². The molecule has 0 aliphatic heterocycles. The van der Waals surface area contributed by atoms with Crippen LogP contribution < -0.4 is 11.3 Å². The van der Waals surface area contributed by atoms with Crippen molar-refractivity contribution in [1.82, 2.24) is 5.43 Å². The van der Waals surface area contributed by atoms with Crippen LogP contribution in [0, 0.1) is 5.82 Å². The van der Waals surface area contributed by atoms with Gasteiger partial charge in [-0.2, -0.15) is 0 Å². The molecular formula is C14H13BrClFN2. The minimum absolute atomic E-state index is 0.0851. The molecule has 0 aliphatic rings. The van der Waals surface area contributed by atoms with E-state index in [0.29, 0.717) is 6.42 Å². The molecule has 0 spiro atoms. The predicted molar refractivity (Wildman–Crippen MR) is 79.3 cm³/mol. The zero-order valence-corrected chi connectivity index (χ0v) is 12.4. The Bertz CT molecular complexity index is 577. The van der Waals surface area contributed by atoms with Crippen molar-refractivity contribution in [2.24, 2.45) is 5.84 Å². The first-order valence-electron chi connectivity index (χ1n) is 5.75. The molecule has 0 aliphatic carbocycles. The van der Waals surface area contributed by atoms with Crippen LogP contribution in [0.15, 0.2) is 46.9 Å². The van der Waals surface area contributed by atoms with Crippen LogP contribution in [0.25, 0.3) is 0 Å². The summed E-state index contributed by atoms with van der Waals surface area (Å²) in [6.45, 7) is 0. The molecule has 2 rings (SSSR count). The Morgan fingerprint density at radius 2 is 2.05 bits per heavy atom. The Kier molecular flexibility index (Phi) is 4.93. The Labute approximate surface area is 124 Å². The standard InChI is InChI=1S/C14H13BrClFN2/c15-11-3-1-2-10(8-11)14(19-18)7-9-4-5-12(16)13(17)6-9/h1-6,8,14,19H,7,18H2. The molecule has 0 bridgehead atoms. The van der Waals surface area contributed by atoms with Crippen molar-refractivity contribution in [2.75, 3.05) is 0 Å². The lowest BCUT2D eigenvalue weighted by Crippen LogP contribution is -2.29. The molecule has 100 valence electrons. The first-order chi connectivity index (χ1) is 9.10. The third-order valence-corrected chi connectivity index (χ3v) is 3.68. The highest BCUT2D eigenvalue weighted by Gasteiger charge is 2.12. The number of nitrogens with one attached hydrogen (secondary N) is 1. The molecule has 0 saturated carbocycles. The summed E-state index contributed by atoms with van der Waals surface area (Å²) in [4.78, 5) is 0. The van der Waals surface area contributed by atoms with E-state index in [0.717, 1.165) is 15.6 Å². The highest BCUT2D eigenvalue weighted by atomic mass is 79.9. The lowest BCUT2D eigenvalue weighted by molar-refractivity contribution is 0.548. The van der Waals surface area contributed by atoms with Crippen LogP contribution in [0.4, 0.5) is 4.39 Å². The summed E-state index contributed by atoms with van der Waals surface area (Å²) in [5.74, 6) is 5.17. The summed E-state index contributed by atoms with van der Waals surface area (Å²) in [6.07, 6.45) is 0.584. The molecule has 5 heteroatoms. The zero-order chi connectivity index (χ0) is 13.8. The predicted octanol–water partition coefficient (Wildman–Crippen LogP) is 3.99.